The third-order valence-electron chi connectivity index (χ3n) is 4.32. The van der Waals surface area contributed by atoms with Gasteiger partial charge in [-0.2, -0.15) is 4.31 Å². The summed E-state index contributed by atoms with van der Waals surface area (Å²) in [6.45, 7) is 1.58. The van der Waals surface area contributed by atoms with Crippen LogP contribution in [0.25, 0.3) is 0 Å². The van der Waals surface area contributed by atoms with E-state index in [-0.39, 0.29) is 5.91 Å². The van der Waals surface area contributed by atoms with Crippen LogP contribution in [-0.2, 0) is 27.8 Å². The van der Waals surface area contributed by atoms with Gasteiger partial charge in [0.15, 0.2) is 0 Å². The third-order valence-corrected chi connectivity index (χ3v) is 6.24. The van der Waals surface area contributed by atoms with Crippen LogP contribution in [0.3, 0.4) is 0 Å². The van der Waals surface area contributed by atoms with Crippen LogP contribution < -0.4 is 5.32 Å². The smallest absolute Gasteiger partial charge is 0.243 e. The van der Waals surface area contributed by atoms with Gasteiger partial charge in [0.05, 0.1) is 11.3 Å². The summed E-state index contributed by atoms with van der Waals surface area (Å²) in [7, 11) is -3.38. The van der Waals surface area contributed by atoms with Crippen molar-refractivity contribution >= 4 is 15.9 Å². The maximum absolute atomic E-state index is 12.5. The average molecular weight is 358 g/mol. The summed E-state index contributed by atoms with van der Waals surface area (Å²) in [4.78, 5) is 12.3. The number of nitrogens with zero attached hydrogens (tertiary/aromatic N) is 1. The first-order valence-electron chi connectivity index (χ1n) is 8.45. The molecule has 0 spiro atoms. The molecule has 1 N–H and O–H groups in total. The highest BCUT2D eigenvalue weighted by Gasteiger charge is 2.26. The number of hydrogen-bond acceptors (Lipinski definition) is 3. The van der Waals surface area contributed by atoms with Crippen molar-refractivity contribution in [2.75, 3.05) is 13.1 Å². The molecule has 0 bridgehead atoms. The fourth-order valence-electron chi connectivity index (χ4n) is 2.90. The van der Waals surface area contributed by atoms with Crippen molar-refractivity contribution in [1.29, 1.82) is 0 Å². The Morgan fingerprint density at radius 2 is 1.56 bits per heavy atom. The van der Waals surface area contributed by atoms with Gasteiger partial charge in [-0.25, -0.2) is 8.42 Å². The minimum Gasteiger partial charge on any atom is -0.352 e. The van der Waals surface area contributed by atoms with E-state index in [9.17, 15) is 13.2 Å². The fraction of sp³-hybridized carbons (Fsp3) is 0.316. The maximum atomic E-state index is 12.5. The lowest BCUT2D eigenvalue weighted by Crippen LogP contribution is -2.28. The summed E-state index contributed by atoms with van der Waals surface area (Å²) < 4.78 is 26.5. The minimum absolute atomic E-state index is 0.0556. The average Bonchev–Trinajstić information content (AvgIpc) is 3.17. The van der Waals surface area contributed by atoms with E-state index >= 15 is 0 Å². The van der Waals surface area contributed by atoms with Crippen molar-refractivity contribution < 1.29 is 13.2 Å². The van der Waals surface area contributed by atoms with E-state index in [1.54, 1.807) is 24.3 Å². The van der Waals surface area contributed by atoms with E-state index < -0.39 is 10.0 Å². The molecular formula is C19H22N2O3S. The van der Waals surface area contributed by atoms with Crippen molar-refractivity contribution in [3.8, 4) is 0 Å². The van der Waals surface area contributed by atoms with Crippen molar-refractivity contribution in [3.63, 3.8) is 0 Å². The molecule has 2 aromatic rings. The van der Waals surface area contributed by atoms with Crippen LogP contribution in [0.1, 0.15) is 24.0 Å². The van der Waals surface area contributed by atoms with E-state index in [2.05, 4.69) is 5.32 Å². The molecule has 1 aliphatic rings. The van der Waals surface area contributed by atoms with E-state index in [1.165, 1.54) is 4.31 Å². The molecule has 1 saturated heterocycles. The maximum Gasteiger partial charge on any atom is 0.243 e. The standard InChI is InChI=1S/C19H22N2O3S/c22-19(14-16-6-2-1-3-7-16)20-15-17-8-10-18(11-9-17)25(23,24)21-12-4-5-13-21/h1-3,6-11H,4-5,12-15H2,(H,20,22). The molecule has 3 rings (SSSR count). The molecule has 1 heterocycles. The number of amides is 1. The van der Waals surface area contributed by atoms with Gasteiger partial charge in [0, 0.05) is 19.6 Å². The van der Waals surface area contributed by atoms with Crippen molar-refractivity contribution in [2.24, 2.45) is 0 Å². The zero-order valence-corrected chi connectivity index (χ0v) is 14.8. The predicted molar refractivity (Wildman–Crippen MR) is 96.4 cm³/mol. The molecule has 132 valence electrons. The lowest BCUT2D eigenvalue weighted by atomic mass is 10.1. The zero-order chi connectivity index (χ0) is 17.7. The van der Waals surface area contributed by atoms with Gasteiger partial charge in [-0.15, -0.1) is 0 Å². The van der Waals surface area contributed by atoms with E-state index in [0.29, 0.717) is 31.0 Å². The quantitative estimate of drug-likeness (QED) is 0.862. The lowest BCUT2D eigenvalue weighted by molar-refractivity contribution is -0.120. The Labute approximate surface area is 148 Å². The number of hydrogen-bond donors (Lipinski definition) is 1. The van der Waals surface area contributed by atoms with E-state index in [0.717, 1.165) is 24.0 Å². The molecule has 1 amide bonds. The Bertz CT molecular complexity index is 812. The Morgan fingerprint density at radius 3 is 2.20 bits per heavy atom. The Morgan fingerprint density at radius 1 is 0.920 bits per heavy atom. The number of rotatable bonds is 6. The lowest BCUT2D eigenvalue weighted by Gasteiger charge is -2.15. The monoisotopic (exact) mass is 358 g/mol. The predicted octanol–water partition coefficient (Wildman–Crippen LogP) is 2.33. The van der Waals surface area contributed by atoms with Gasteiger partial charge >= 0.3 is 0 Å². The fourth-order valence-corrected chi connectivity index (χ4v) is 4.42. The second kappa shape index (κ2) is 7.80. The minimum atomic E-state index is -3.38. The van der Waals surface area contributed by atoms with Crippen LogP contribution in [0.5, 0.6) is 0 Å². The number of benzene rings is 2. The number of nitrogens with one attached hydrogen (secondary N) is 1. The molecular weight excluding hydrogens is 336 g/mol. The molecule has 0 aliphatic carbocycles. The number of carbonyl (C=O) groups excluding carboxylic acids is 1. The molecule has 0 saturated carbocycles. The van der Waals surface area contributed by atoms with Crippen LogP contribution in [0, 0.1) is 0 Å². The Balaban J connectivity index is 1.56. The second-order valence-electron chi connectivity index (χ2n) is 6.19. The van der Waals surface area contributed by atoms with Gasteiger partial charge in [0.1, 0.15) is 0 Å². The topological polar surface area (TPSA) is 66.5 Å². The first-order valence-corrected chi connectivity index (χ1v) is 9.89. The van der Waals surface area contributed by atoms with Crippen molar-refractivity contribution in [1.82, 2.24) is 9.62 Å². The normalized spacial score (nSPS) is 15.2. The summed E-state index contributed by atoms with van der Waals surface area (Å²) in [6, 6.07) is 16.3. The summed E-state index contributed by atoms with van der Waals surface area (Å²) in [5.41, 5.74) is 1.84. The number of carbonyl (C=O) groups is 1. The Kier molecular flexibility index (Phi) is 5.50. The summed E-state index contributed by atoms with van der Waals surface area (Å²) in [6.07, 6.45) is 2.18. The Hall–Kier alpha value is -2.18. The third kappa shape index (κ3) is 4.46. The first kappa shape index (κ1) is 17.6. The zero-order valence-electron chi connectivity index (χ0n) is 14.0. The SMILES string of the molecule is O=C(Cc1ccccc1)NCc1ccc(S(=O)(=O)N2CCCC2)cc1. The molecule has 0 aromatic heterocycles. The van der Waals surface area contributed by atoms with E-state index in [4.69, 9.17) is 0 Å². The van der Waals surface area contributed by atoms with Crippen LogP contribution in [0.4, 0.5) is 0 Å². The van der Waals surface area contributed by atoms with Gasteiger partial charge in [0.25, 0.3) is 0 Å². The molecule has 25 heavy (non-hydrogen) atoms. The van der Waals surface area contributed by atoms with Crippen LogP contribution in [-0.4, -0.2) is 31.7 Å². The van der Waals surface area contributed by atoms with Crippen LogP contribution in [0.2, 0.25) is 0 Å². The highest BCUT2D eigenvalue weighted by Crippen LogP contribution is 2.21. The molecule has 0 radical (unpaired) electrons. The van der Waals surface area contributed by atoms with Gasteiger partial charge in [-0.3, -0.25) is 4.79 Å². The second-order valence-corrected chi connectivity index (χ2v) is 8.13. The molecule has 0 atom stereocenters. The molecule has 5 nitrogen and oxygen atoms in total. The van der Waals surface area contributed by atoms with E-state index in [1.807, 2.05) is 30.3 Å². The molecule has 0 unspecified atom stereocenters. The molecule has 6 heteroatoms. The summed E-state index contributed by atoms with van der Waals surface area (Å²) in [5, 5.41) is 2.86. The van der Waals surface area contributed by atoms with Gasteiger partial charge in [-0.1, -0.05) is 42.5 Å². The molecule has 2 aromatic carbocycles. The van der Waals surface area contributed by atoms with Gasteiger partial charge < -0.3 is 5.32 Å². The summed E-state index contributed by atoms with van der Waals surface area (Å²) in [5.74, 6) is -0.0556. The highest BCUT2D eigenvalue weighted by molar-refractivity contribution is 7.89. The highest BCUT2D eigenvalue weighted by atomic mass is 32.2. The molecule has 1 aliphatic heterocycles. The first-order chi connectivity index (χ1) is 12.1. The van der Waals surface area contributed by atoms with Gasteiger partial charge in [0.2, 0.25) is 15.9 Å². The summed E-state index contributed by atoms with van der Waals surface area (Å²) >= 11 is 0. The van der Waals surface area contributed by atoms with Crippen LogP contribution >= 0.6 is 0 Å². The molecule has 1 fully saturated rings. The van der Waals surface area contributed by atoms with Gasteiger partial charge in [-0.05, 0) is 36.1 Å². The largest absolute Gasteiger partial charge is 0.352 e. The number of sulfonamides is 1. The van der Waals surface area contributed by atoms with Crippen LogP contribution in [0.15, 0.2) is 59.5 Å². The van der Waals surface area contributed by atoms with Crippen molar-refractivity contribution in [2.45, 2.75) is 30.7 Å². The van der Waals surface area contributed by atoms with Crippen molar-refractivity contribution in [3.05, 3.63) is 65.7 Å².